The number of aromatic nitrogens is 6. The van der Waals surface area contributed by atoms with Crippen LogP contribution in [0.1, 0.15) is 19.4 Å². The normalized spacial score (nSPS) is 11.8. The molecule has 0 unspecified atom stereocenters. The van der Waals surface area contributed by atoms with Crippen LogP contribution >= 0.6 is 11.6 Å². The summed E-state index contributed by atoms with van der Waals surface area (Å²) in [6, 6.07) is 11.3. The zero-order chi connectivity index (χ0) is 23.3. The van der Waals surface area contributed by atoms with E-state index in [0.717, 1.165) is 22.2 Å². The molecule has 0 fully saturated rings. The highest BCUT2D eigenvalue weighted by Gasteiger charge is 2.23. The van der Waals surface area contributed by atoms with E-state index in [-0.39, 0.29) is 5.92 Å². The van der Waals surface area contributed by atoms with Crippen molar-refractivity contribution in [1.82, 2.24) is 28.9 Å². The van der Waals surface area contributed by atoms with Gasteiger partial charge in [-0.1, -0.05) is 25.4 Å². The van der Waals surface area contributed by atoms with Gasteiger partial charge in [0.2, 0.25) is 0 Å². The molecular formula is C24H23ClN6O2. The summed E-state index contributed by atoms with van der Waals surface area (Å²) in [5.41, 5.74) is 2.75. The molecule has 0 saturated carbocycles. The Labute approximate surface area is 194 Å². The second-order valence-electron chi connectivity index (χ2n) is 8.60. The van der Waals surface area contributed by atoms with Crippen molar-refractivity contribution in [3.8, 4) is 11.4 Å². The monoisotopic (exact) mass is 462 g/mol. The van der Waals surface area contributed by atoms with Crippen LogP contribution in [-0.2, 0) is 20.1 Å². The Morgan fingerprint density at radius 1 is 1.15 bits per heavy atom. The average Bonchev–Trinajstić information content (AvgIpc) is 3.34. The molecule has 0 radical (unpaired) electrons. The van der Waals surface area contributed by atoms with Gasteiger partial charge < -0.3 is 4.57 Å². The first kappa shape index (κ1) is 21.2. The Morgan fingerprint density at radius 2 is 1.97 bits per heavy atom. The lowest BCUT2D eigenvalue weighted by Crippen LogP contribution is -2.31. The van der Waals surface area contributed by atoms with Gasteiger partial charge in [0.05, 0.1) is 17.8 Å². The first-order valence-electron chi connectivity index (χ1n) is 10.7. The zero-order valence-electron chi connectivity index (χ0n) is 18.5. The quantitative estimate of drug-likeness (QED) is 0.430. The summed E-state index contributed by atoms with van der Waals surface area (Å²) >= 11 is 6.26. The maximum Gasteiger partial charge on any atom is 0.330 e. The van der Waals surface area contributed by atoms with Crippen molar-refractivity contribution >= 4 is 33.5 Å². The molecule has 1 N–H and O–H groups in total. The van der Waals surface area contributed by atoms with Crippen molar-refractivity contribution in [3.63, 3.8) is 0 Å². The molecule has 9 heteroatoms. The van der Waals surface area contributed by atoms with Gasteiger partial charge in [-0.05, 0) is 47.9 Å². The van der Waals surface area contributed by atoms with Gasteiger partial charge in [-0.15, -0.1) is 0 Å². The Kier molecular flexibility index (Phi) is 5.17. The van der Waals surface area contributed by atoms with Gasteiger partial charge in [0.1, 0.15) is 11.1 Å². The van der Waals surface area contributed by atoms with Crippen LogP contribution in [0.25, 0.3) is 33.3 Å². The lowest BCUT2D eigenvalue weighted by atomic mass is 10.1. The number of pyridine rings is 1. The number of rotatable bonds is 5. The molecule has 0 amide bonds. The van der Waals surface area contributed by atoms with Crippen LogP contribution in [0, 0.1) is 5.92 Å². The van der Waals surface area contributed by atoms with Crippen LogP contribution < -0.4 is 11.2 Å². The fourth-order valence-electron chi connectivity index (χ4n) is 4.26. The maximum atomic E-state index is 13.0. The largest absolute Gasteiger partial charge is 0.349 e. The molecule has 5 aromatic rings. The van der Waals surface area contributed by atoms with E-state index >= 15 is 0 Å². The number of nitrogens with one attached hydrogen (secondary N) is 1. The molecule has 168 valence electrons. The third-order valence-corrected chi connectivity index (χ3v) is 5.97. The standard InChI is InChI=1S/C24H23ClN6O2/c1-14(2)12-30-22-20(23(32)27-24(30)33)21(19-5-4-10-29(19)3)31(28-22)13-15-8-9-26-18-7-6-16(25)11-17(15)18/h4-11,14H,12-13H2,1-3H3,(H,27,32,33). The van der Waals surface area contributed by atoms with Crippen molar-refractivity contribution < 1.29 is 0 Å². The molecule has 8 nitrogen and oxygen atoms in total. The Morgan fingerprint density at radius 3 is 2.70 bits per heavy atom. The van der Waals surface area contributed by atoms with E-state index < -0.39 is 11.2 Å². The molecule has 0 aliphatic rings. The van der Waals surface area contributed by atoms with Crippen LogP contribution in [0.15, 0.2) is 58.4 Å². The van der Waals surface area contributed by atoms with Crippen LogP contribution in [0.2, 0.25) is 5.02 Å². The minimum atomic E-state index is -0.453. The topological polar surface area (TPSA) is 90.5 Å². The third kappa shape index (κ3) is 3.66. The van der Waals surface area contributed by atoms with Gasteiger partial charge in [-0.2, -0.15) is 5.10 Å². The van der Waals surface area contributed by atoms with E-state index in [1.165, 1.54) is 0 Å². The molecule has 0 spiro atoms. The molecule has 5 rings (SSSR count). The minimum Gasteiger partial charge on any atom is -0.349 e. The number of nitrogens with zero attached hydrogens (tertiary/aromatic N) is 5. The lowest BCUT2D eigenvalue weighted by molar-refractivity contribution is 0.510. The molecule has 0 atom stereocenters. The molecule has 4 aromatic heterocycles. The Bertz CT molecular complexity index is 1620. The van der Waals surface area contributed by atoms with Crippen LogP contribution in [0.4, 0.5) is 0 Å². The summed E-state index contributed by atoms with van der Waals surface area (Å²) in [7, 11) is 1.92. The summed E-state index contributed by atoms with van der Waals surface area (Å²) in [5, 5.41) is 6.73. The number of benzene rings is 1. The molecule has 0 aliphatic heterocycles. The van der Waals surface area contributed by atoms with Crippen molar-refractivity contribution in [1.29, 1.82) is 0 Å². The Hall–Kier alpha value is -3.65. The first-order chi connectivity index (χ1) is 15.8. The van der Waals surface area contributed by atoms with Crippen molar-refractivity contribution in [3.05, 3.63) is 80.2 Å². The fourth-order valence-corrected chi connectivity index (χ4v) is 4.43. The van der Waals surface area contributed by atoms with Crippen molar-refractivity contribution in [2.24, 2.45) is 13.0 Å². The van der Waals surface area contributed by atoms with Gasteiger partial charge in [0.25, 0.3) is 5.56 Å². The SMILES string of the molecule is CC(C)Cn1c(=O)[nH]c(=O)c2c(-c3cccn3C)n(Cc3ccnc4ccc(Cl)cc34)nc21. The summed E-state index contributed by atoms with van der Waals surface area (Å²) in [6.45, 7) is 4.87. The number of aromatic amines is 1. The highest BCUT2D eigenvalue weighted by atomic mass is 35.5. The lowest BCUT2D eigenvalue weighted by Gasteiger charge is -2.11. The highest BCUT2D eigenvalue weighted by Crippen LogP contribution is 2.29. The second kappa shape index (κ2) is 8.04. The number of hydrogen-bond acceptors (Lipinski definition) is 4. The van der Waals surface area contributed by atoms with Crippen molar-refractivity contribution in [2.45, 2.75) is 26.9 Å². The van der Waals surface area contributed by atoms with Gasteiger partial charge >= 0.3 is 5.69 Å². The number of H-pyrrole nitrogens is 1. The second-order valence-corrected chi connectivity index (χ2v) is 9.04. The number of halogens is 1. The zero-order valence-corrected chi connectivity index (χ0v) is 19.3. The molecule has 0 aliphatic carbocycles. The van der Waals surface area contributed by atoms with E-state index in [1.54, 1.807) is 15.4 Å². The van der Waals surface area contributed by atoms with Crippen LogP contribution in [-0.4, -0.2) is 28.9 Å². The van der Waals surface area contributed by atoms with E-state index in [1.807, 2.05) is 68.1 Å². The number of fused-ring (bicyclic) bond motifs is 2. The van der Waals surface area contributed by atoms with Crippen LogP contribution in [0.5, 0.6) is 0 Å². The van der Waals surface area contributed by atoms with E-state index in [2.05, 4.69) is 9.97 Å². The molecule has 4 heterocycles. The molecular weight excluding hydrogens is 440 g/mol. The fraction of sp³-hybridized carbons (Fsp3) is 0.250. The number of aryl methyl sites for hydroxylation is 1. The van der Waals surface area contributed by atoms with Gasteiger partial charge in [0.15, 0.2) is 5.65 Å². The third-order valence-electron chi connectivity index (χ3n) is 5.73. The predicted octanol–water partition coefficient (Wildman–Crippen LogP) is 3.80. The predicted molar refractivity (Wildman–Crippen MR) is 130 cm³/mol. The summed E-state index contributed by atoms with van der Waals surface area (Å²) in [6.07, 6.45) is 3.66. The number of hydrogen-bond donors (Lipinski definition) is 1. The van der Waals surface area contributed by atoms with Crippen LogP contribution in [0.3, 0.4) is 0 Å². The summed E-state index contributed by atoms with van der Waals surface area (Å²) in [4.78, 5) is 32.6. The van der Waals surface area contributed by atoms with E-state index in [0.29, 0.717) is 34.8 Å². The molecule has 33 heavy (non-hydrogen) atoms. The molecule has 0 bridgehead atoms. The Balaban J connectivity index is 1.82. The minimum absolute atomic E-state index is 0.201. The summed E-state index contributed by atoms with van der Waals surface area (Å²) < 4.78 is 5.28. The summed E-state index contributed by atoms with van der Waals surface area (Å²) in [5.74, 6) is 0.201. The highest BCUT2D eigenvalue weighted by molar-refractivity contribution is 6.31. The maximum absolute atomic E-state index is 13.0. The average molecular weight is 463 g/mol. The first-order valence-corrected chi connectivity index (χ1v) is 11.1. The van der Waals surface area contributed by atoms with E-state index in [9.17, 15) is 9.59 Å². The van der Waals surface area contributed by atoms with Gasteiger partial charge in [-0.3, -0.25) is 24.0 Å². The van der Waals surface area contributed by atoms with Gasteiger partial charge in [-0.25, -0.2) is 4.79 Å². The molecule has 0 saturated heterocycles. The van der Waals surface area contributed by atoms with E-state index in [4.69, 9.17) is 16.7 Å². The van der Waals surface area contributed by atoms with Gasteiger partial charge in [0, 0.05) is 36.4 Å². The van der Waals surface area contributed by atoms with Crippen molar-refractivity contribution in [2.75, 3.05) is 0 Å². The molecule has 1 aromatic carbocycles. The smallest absolute Gasteiger partial charge is 0.330 e.